The van der Waals surface area contributed by atoms with Crippen LogP contribution in [0, 0.1) is 5.82 Å². The van der Waals surface area contributed by atoms with E-state index in [0.29, 0.717) is 29.4 Å². The van der Waals surface area contributed by atoms with E-state index >= 15 is 0 Å². The Bertz CT molecular complexity index is 1370. The third-order valence-corrected chi connectivity index (χ3v) is 5.27. The zero-order chi connectivity index (χ0) is 25.2. The number of alkyl halides is 3. The second-order valence-corrected chi connectivity index (χ2v) is 8.04. The molecule has 0 aliphatic heterocycles. The number of amides is 1. The first-order valence-electron chi connectivity index (χ1n) is 10.2. The van der Waals surface area contributed by atoms with Crippen molar-refractivity contribution in [3.05, 3.63) is 89.0 Å². The van der Waals surface area contributed by atoms with Crippen molar-refractivity contribution in [1.82, 2.24) is 24.5 Å². The molecule has 0 saturated heterocycles. The maximum Gasteiger partial charge on any atom is 0.419 e. The van der Waals surface area contributed by atoms with Crippen LogP contribution in [0.15, 0.2) is 55.4 Å². The first kappa shape index (κ1) is 24.3. The third kappa shape index (κ3) is 5.99. The SMILES string of the molecule is Cn1cnc(Cc2ncc(-c3ccc(CC(=O)Nc4cnc(Cl)c(C(F)(F)F)c4)c(F)c3)cn2)c1. The second-order valence-electron chi connectivity index (χ2n) is 7.69. The Balaban J connectivity index is 1.42. The first-order valence-corrected chi connectivity index (χ1v) is 10.6. The fourth-order valence-corrected chi connectivity index (χ4v) is 3.49. The molecule has 3 aromatic heterocycles. The molecule has 3 heterocycles. The summed E-state index contributed by atoms with van der Waals surface area (Å²) in [7, 11) is 1.86. The van der Waals surface area contributed by atoms with Gasteiger partial charge in [0, 0.05) is 31.2 Å². The predicted molar refractivity (Wildman–Crippen MR) is 120 cm³/mol. The van der Waals surface area contributed by atoms with Crippen LogP contribution in [0.4, 0.5) is 23.2 Å². The number of halogens is 5. The number of hydrogen-bond acceptors (Lipinski definition) is 5. The summed E-state index contributed by atoms with van der Waals surface area (Å²) in [4.78, 5) is 28.5. The quantitative estimate of drug-likeness (QED) is 0.299. The van der Waals surface area contributed by atoms with Gasteiger partial charge < -0.3 is 9.88 Å². The van der Waals surface area contributed by atoms with Crippen LogP contribution in [0.1, 0.15) is 22.6 Å². The number of nitrogens with one attached hydrogen (secondary N) is 1. The number of aromatic nitrogens is 5. The Labute approximate surface area is 201 Å². The minimum absolute atomic E-state index is 0.0666. The minimum Gasteiger partial charge on any atom is -0.340 e. The molecule has 0 radical (unpaired) electrons. The molecule has 0 aliphatic carbocycles. The van der Waals surface area contributed by atoms with Crippen LogP contribution in [-0.4, -0.2) is 30.4 Å². The van der Waals surface area contributed by atoms with Gasteiger partial charge >= 0.3 is 6.18 Å². The maximum atomic E-state index is 14.7. The molecular formula is C23H17ClF4N6O. The van der Waals surface area contributed by atoms with Gasteiger partial charge in [-0.2, -0.15) is 13.2 Å². The number of imidazole rings is 1. The van der Waals surface area contributed by atoms with E-state index in [1.54, 1.807) is 24.8 Å². The molecule has 35 heavy (non-hydrogen) atoms. The molecule has 1 N–H and O–H groups in total. The summed E-state index contributed by atoms with van der Waals surface area (Å²) in [5.41, 5.74) is 0.590. The van der Waals surface area contributed by atoms with Crippen molar-refractivity contribution in [2.24, 2.45) is 7.05 Å². The Morgan fingerprint density at radius 2 is 1.80 bits per heavy atom. The van der Waals surface area contributed by atoms with Gasteiger partial charge in [0.05, 0.1) is 42.3 Å². The third-order valence-electron chi connectivity index (χ3n) is 4.97. The lowest BCUT2D eigenvalue weighted by Crippen LogP contribution is -2.16. The van der Waals surface area contributed by atoms with Crippen molar-refractivity contribution in [3.63, 3.8) is 0 Å². The number of benzene rings is 1. The van der Waals surface area contributed by atoms with E-state index < -0.39 is 35.0 Å². The van der Waals surface area contributed by atoms with Crippen LogP contribution < -0.4 is 5.32 Å². The van der Waals surface area contributed by atoms with E-state index in [4.69, 9.17) is 11.6 Å². The van der Waals surface area contributed by atoms with Gasteiger partial charge in [-0.05, 0) is 23.3 Å². The van der Waals surface area contributed by atoms with Crippen LogP contribution in [0.3, 0.4) is 0 Å². The Morgan fingerprint density at radius 3 is 2.43 bits per heavy atom. The van der Waals surface area contributed by atoms with E-state index in [9.17, 15) is 22.4 Å². The highest BCUT2D eigenvalue weighted by Gasteiger charge is 2.34. The fraction of sp³-hybridized carbons (Fsp3) is 0.174. The van der Waals surface area contributed by atoms with Crippen molar-refractivity contribution in [1.29, 1.82) is 0 Å². The Hall–Kier alpha value is -3.86. The van der Waals surface area contributed by atoms with Crippen molar-refractivity contribution in [2.45, 2.75) is 19.0 Å². The maximum absolute atomic E-state index is 14.7. The van der Waals surface area contributed by atoms with Gasteiger partial charge in [0.1, 0.15) is 16.8 Å². The molecule has 1 amide bonds. The van der Waals surface area contributed by atoms with E-state index in [1.807, 2.05) is 17.8 Å². The summed E-state index contributed by atoms with van der Waals surface area (Å²) >= 11 is 5.47. The molecule has 7 nitrogen and oxygen atoms in total. The summed E-state index contributed by atoms with van der Waals surface area (Å²) in [6.07, 6.45) is 3.00. The van der Waals surface area contributed by atoms with Crippen LogP contribution in [-0.2, 0) is 30.9 Å². The molecule has 12 heteroatoms. The average molecular weight is 505 g/mol. The second kappa shape index (κ2) is 9.79. The van der Waals surface area contributed by atoms with Gasteiger partial charge in [0.15, 0.2) is 0 Å². The number of aryl methyl sites for hydroxylation is 1. The molecule has 4 aromatic rings. The van der Waals surface area contributed by atoms with Crippen LogP contribution in [0.2, 0.25) is 5.15 Å². The Kier molecular flexibility index (Phi) is 6.79. The smallest absolute Gasteiger partial charge is 0.340 e. The van der Waals surface area contributed by atoms with Gasteiger partial charge in [0.2, 0.25) is 5.91 Å². The molecule has 0 saturated carbocycles. The van der Waals surface area contributed by atoms with Crippen molar-refractivity contribution < 1.29 is 22.4 Å². The molecule has 0 atom stereocenters. The van der Waals surface area contributed by atoms with Crippen molar-refractivity contribution in [2.75, 3.05) is 5.32 Å². The topological polar surface area (TPSA) is 85.6 Å². The van der Waals surface area contributed by atoms with Gasteiger partial charge in [0.25, 0.3) is 0 Å². The summed E-state index contributed by atoms with van der Waals surface area (Å²) in [6, 6.07) is 4.94. The van der Waals surface area contributed by atoms with Gasteiger partial charge in [-0.15, -0.1) is 0 Å². The molecule has 0 unspecified atom stereocenters. The predicted octanol–water partition coefficient (Wildman–Crippen LogP) is 4.86. The highest BCUT2D eigenvalue weighted by molar-refractivity contribution is 6.30. The summed E-state index contributed by atoms with van der Waals surface area (Å²) < 4.78 is 55.4. The number of rotatable bonds is 6. The van der Waals surface area contributed by atoms with Crippen molar-refractivity contribution >= 4 is 23.2 Å². The highest BCUT2D eigenvalue weighted by atomic mass is 35.5. The molecule has 0 fully saturated rings. The van der Waals surface area contributed by atoms with E-state index in [1.165, 1.54) is 12.1 Å². The standard InChI is InChI=1S/C23H17ClF4N6O/c1-34-11-17(32-12-34)7-20-29-8-15(9-30-20)13-2-3-14(19(25)4-13)5-21(35)33-16-6-18(23(26,27)28)22(24)31-10-16/h2-4,6,8-12H,5,7H2,1H3,(H,33,35). The van der Waals surface area contributed by atoms with E-state index in [2.05, 4.69) is 25.3 Å². The van der Waals surface area contributed by atoms with Gasteiger partial charge in [-0.25, -0.2) is 24.3 Å². The molecule has 1 aromatic carbocycles. The lowest BCUT2D eigenvalue weighted by Gasteiger charge is -2.11. The number of hydrogen-bond donors (Lipinski definition) is 1. The molecule has 0 bridgehead atoms. The van der Waals surface area contributed by atoms with Gasteiger partial charge in [-0.1, -0.05) is 23.7 Å². The number of anilines is 1. The minimum atomic E-state index is -4.73. The van der Waals surface area contributed by atoms with Crippen LogP contribution in [0.5, 0.6) is 0 Å². The number of pyridine rings is 1. The van der Waals surface area contributed by atoms with Gasteiger partial charge in [-0.3, -0.25) is 4.79 Å². The number of carbonyl (C=O) groups excluding carboxylic acids is 1. The zero-order valence-electron chi connectivity index (χ0n) is 18.1. The Morgan fingerprint density at radius 1 is 1.06 bits per heavy atom. The summed E-state index contributed by atoms with van der Waals surface area (Å²) in [5, 5.41) is 1.55. The molecule has 4 rings (SSSR count). The summed E-state index contributed by atoms with van der Waals surface area (Å²) in [5.74, 6) is -0.803. The average Bonchev–Trinajstić information content (AvgIpc) is 3.20. The molecule has 0 spiro atoms. The fourth-order valence-electron chi connectivity index (χ4n) is 3.28. The molecule has 0 aliphatic rings. The first-order chi connectivity index (χ1) is 16.6. The highest BCUT2D eigenvalue weighted by Crippen LogP contribution is 2.35. The van der Waals surface area contributed by atoms with E-state index in [0.717, 1.165) is 11.9 Å². The number of nitrogens with zero attached hydrogens (tertiary/aromatic N) is 5. The van der Waals surface area contributed by atoms with Crippen LogP contribution >= 0.6 is 11.6 Å². The summed E-state index contributed by atoms with van der Waals surface area (Å²) in [6.45, 7) is 0. The van der Waals surface area contributed by atoms with Crippen molar-refractivity contribution in [3.8, 4) is 11.1 Å². The number of carbonyl (C=O) groups is 1. The normalized spacial score (nSPS) is 11.5. The zero-order valence-corrected chi connectivity index (χ0v) is 18.9. The largest absolute Gasteiger partial charge is 0.419 e. The molecule has 180 valence electrons. The lowest BCUT2D eigenvalue weighted by atomic mass is 10.0. The van der Waals surface area contributed by atoms with Crippen LogP contribution in [0.25, 0.3) is 11.1 Å². The monoisotopic (exact) mass is 504 g/mol. The lowest BCUT2D eigenvalue weighted by molar-refractivity contribution is -0.137. The van der Waals surface area contributed by atoms with E-state index in [-0.39, 0.29) is 11.3 Å². The molecular weight excluding hydrogens is 488 g/mol.